The number of hydrogen-bond acceptors (Lipinski definition) is 8. The number of nitrogens with zero attached hydrogens (tertiary/aromatic N) is 1. The SMILES string of the molecule is COc1cccc(C2C(C#N)=C(N)Oc3cc(OC(=O)c4oc5cc(C)c(Cl)cc5c4C)ccc32)c1OC. The molecule has 1 unspecified atom stereocenters. The lowest BCUT2D eigenvalue weighted by molar-refractivity contribution is 0.0702. The van der Waals surface area contributed by atoms with Crippen LogP contribution in [-0.2, 0) is 0 Å². The predicted octanol–water partition coefficient (Wildman–Crippen LogP) is 6.16. The Kier molecular flexibility index (Phi) is 6.39. The Morgan fingerprint density at radius 1 is 1.08 bits per heavy atom. The lowest BCUT2D eigenvalue weighted by atomic mass is 9.83. The van der Waals surface area contributed by atoms with Gasteiger partial charge in [-0.2, -0.15) is 5.26 Å². The standard InChI is InChI=1S/C29H23ClN2O6/c1-14-10-23-19(12-21(14)30)15(2)26(37-23)29(33)36-16-8-9-17-24(11-16)38-28(32)20(13-31)25(17)18-6-5-7-22(34-3)27(18)35-4/h5-12,25H,32H2,1-4H3. The zero-order valence-corrected chi connectivity index (χ0v) is 21.8. The highest BCUT2D eigenvalue weighted by Gasteiger charge is 2.34. The molecule has 1 aromatic heterocycles. The van der Waals surface area contributed by atoms with Crippen LogP contribution in [0.2, 0.25) is 5.02 Å². The molecule has 0 saturated carbocycles. The van der Waals surface area contributed by atoms with Crippen molar-refractivity contribution in [3.63, 3.8) is 0 Å². The van der Waals surface area contributed by atoms with Crippen molar-refractivity contribution >= 4 is 28.5 Å². The quantitative estimate of drug-likeness (QED) is 0.241. The van der Waals surface area contributed by atoms with Crippen LogP contribution in [-0.4, -0.2) is 20.2 Å². The lowest BCUT2D eigenvalue weighted by Gasteiger charge is -2.28. The van der Waals surface area contributed by atoms with E-state index in [1.165, 1.54) is 14.2 Å². The minimum absolute atomic E-state index is 0.0567. The van der Waals surface area contributed by atoms with Gasteiger partial charge in [0.15, 0.2) is 11.5 Å². The summed E-state index contributed by atoms with van der Waals surface area (Å²) in [5.74, 6) is 0.290. The second kappa shape index (κ2) is 9.69. The van der Waals surface area contributed by atoms with Crippen LogP contribution in [0.25, 0.3) is 11.0 Å². The van der Waals surface area contributed by atoms with Crippen LogP contribution < -0.4 is 24.7 Å². The maximum absolute atomic E-state index is 13.0. The van der Waals surface area contributed by atoms with Crippen molar-refractivity contribution in [1.82, 2.24) is 0 Å². The molecule has 1 atom stereocenters. The summed E-state index contributed by atoms with van der Waals surface area (Å²) in [6, 6.07) is 16.0. The number of aryl methyl sites for hydroxylation is 2. The highest BCUT2D eigenvalue weighted by molar-refractivity contribution is 6.32. The summed E-state index contributed by atoms with van der Waals surface area (Å²) in [4.78, 5) is 13.0. The molecular weight excluding hydrogens is 508 g/mol. The van der Waals surface area contributed by atoms with Crippen molar-refractivity contribution in [2.24, 2.45) is 5.73 Å². The van der Waals surface area contributed by atoms with Gasteiger partial charge in [-0.25, -0.2) is 4.79 Å². The van der Waals surface area contributed by atoms with Gasteiger partial charge in [0.1, 0.15) is 28.7 Å². The number of allylic oxidation sites excluding steroid dienone is 1. The van der Waals surface area contributed by atoms with Crippen LogP contribution in [0.1, 0.15) is 38.7 Å². The van der Waals surface area contributed by atoms with E-state index in [0.29, 0.717) is 44.5 Å². The number of ether oxygens (including phenoxy) is 4. The van der Waals surface area contributed by atoms with Gasteiger partial charge in [-0.1, -0.05) is 29.8 Å². The molecule has 2 N–H and O–H groups in total. The molecule has 0 fully saturated rings. The number of nitriles is 1. The normalized spacial score (nSPS) is 14.5. The van der Waals surface area contributed by atoms with E-state index in [0.717, 1.165) is 10.9 Å². The lowest BCUT2D eigenvalue weighted by Crippen LogP contribution is -2.21. The van der Waals surface area contributed by atoms with E-state index >= 15 is 0 Å². The second-order valence-corrected chi connectivity index (χ2v) is 9.16. The number of hydrogen-bond donors (Lipinski definition) is 1. The first-order valence-electron chi connectivity index (χ1n) is 11.6. The van der Waals surface area contributed by atoms with Gasteiger partial charge in [0.05, 0.1) is 20.1 Å². The number of methoxy groups -OCH3 is 2. The van der Waals surface area contributed by atoms with E-state index in [-0.39, 0.29) is 23.0 Å². The topological polar surface area (TPSA) is 117 Å². The maximum atomic E-state index is 13.0. The van der Waals surface area contributed by atoms with E-state index < -0.39 is 11.9 Å². The number of fused-ring (bicyclic) bond motifs is 2. The van der Waals surface area contributed by atoms with Gasteiger partial charge in [-0.15, -0.1) is 0 Å². The number of furan rings is 1. The molecule has 4 aromatic rings. The number of carbonyl (C=O) groups excluding carboxylic acids is 1. The zero-order chi connectivity index (χ0) is 27.1. The maximum Gasteiger partial charge on any atom is 0.379 e. The van der Waals surface area contributed by atoms with Crippen LogP contribution in [0.5, 0.6) is 23.0 Å². The molecule has 3 aromatic carbocycles. The van der Waals surface area contributed by atoms with Gasteiger partial charge >= 0.3 is 5.97 Å². The van der Waals surface area contributed by atoms with Crippen molar-refractivity contribution < 1.29 is 28.2 Å². The highest BCUT2D eigenvalue weighted by atomic mass is 35.5. The van der Waals surface area contributed by atoms with E-state index in [9.17, 15) is 10.1 Å². The molecule has 0 spiro atoms. The molecule has 0 amide bonds. The fraction of sp³-hybridized carbons (Fsp3) is 0.172. The minimum Gasteiger partial charge on any atom is -0.493 e. The fourth-order valence-corrected chi connectivity index (χ4v) is 4.81. The summed E-state index contributed by atoms with van der Waals surface area (Å²) >= 11 is 6.25. The Morgan fingerprint density at radius 2 is 1.87 bits per heavy atom. The molecule has 0 aliphatic carbocycles. The van der Waals surface area contributed by atoms with Crippen molar-refractivity contribution in [2.45, 2.75) is 19.8 Å². The molecule has 192 valence electrons. The molecule has 0 bridgehead atoms. The minimum atomic E-state index is -0.671. The first-order valence-corrected chi connectivity index (χ1v) is 12.0. The van der Waals surface area contributed by atoms with E-state index in [1.54, 1.807) is 49.4 Å². The van der Waals surface area contributed by atoms with E-state index in [4.69, 9.17) is 40.7 Å². The Balaban J connectivity index is 1.53. The molecule has 2 heterocycles. The molecule has 0 saturated heterocycles. The Morgan fingerprint density at radius 3 is 2.58 bits per heavy atom. The van der Waals surface area contributed by atoms with Gasteiger partial charge in [0.25, 0.3) is 0 Å². The average molecular weight is 531 g/mol. The summed E-state index contributed by atoms with van der Waals surface area (Å²) in [6.45, 7) is 3.63. The molecule has 5 rings (SSSR count). The van der Waals surface area contributed by atoms with Crippen molar-refractivity contribution in [3.8, 4) is 29.1 Å². The van der Waals surface area contributed by atoms with Crippen LogP contribution in [0, 0.1) is 25.2 Å². The van der Waals surface area contributed by atoms with E-state index in [1.807, 2.05) is 13.0 Å². The average Bonchev–Trinajstić information content (AvgIpc) is 3.22. The summed E-state index contributed by atoms with van der Waals surface area (Å²) in [7, 11) is 3.06. The molecule has 1 aliphatic rings. The second-order valence-electron chi connectivity index (χ2n) is 8.75. The Hall–Kier alpha value is -4.61. The third-order valence-corrected chi connectivity index (χ3v) is 6.96. The smallest absolute Gasteiger partial charge is 0.379 e. The Labute approximate surface area is 223 Å². The molecule has 0 radical (unpaired) electrons. The van der Waals surface area contributed by atoms with Crippen LogP contribution >= 0.6 is 11.6 Å². The summed E-state index contributed by atoms with van der Waals surface area (Å²) in [5, 5.41) is 11.2. The van der Waals surface area contributed by atoms with E-state index in [2.05, 4.69) is 6.07 Å². The number of esters is 1. The first kappa shape index (κ1) is 25.1. The number of halogens is 1. The number of rotatable bonds is 5. The van der Waals surface area contributed by atoms with Crippen LogP contribution in [0.3, 0.4) is 0 Å². The summed E-state index contributed by atoms with van der Waals surface area (Å²) < 4.78 is 28.3. The van der Waals surface area contributed by atoms with Gasteiger partial charge in [-0.3, -0.25) is 0 Å². The highest BCUT2D eigenvalue weighted by Crippen LogP contribution is 2.48. The zero-order valence-electron chi connectivity index (χ0n) is 21.0. The number of benzene rings is 3. The largest absolute Gasteiger partial charge is 0.493 e. The van der Waals surface area contributed by atoms with Crippen molar-refractivity contribution in [2.75, 3.05) is 14.2 Å². The number of nitrogens with two attached hydrogens (primary N) is 1. The predicted molar refractivity (Wildman–Crippen MR) is 141 cm³/mol. The molecule has 9 heteroatoms. The fourth-order valence-electron chi connectivity index (χ4n) is 4.65. The van der Waals surface area contributed by atoms with Gasteiger partial charge < -0.3 is 29.1 Å². The molecule has 8 nitrogen and oxygen atoms in total. The number of carbonyl (C=O) groups is 1. The third kappa shape index (κ3) is 4.07. The van der Waals surface area contributed by atoms with Gasteiger partial charge in [-0.05, 0) is 43.7 Å². The monoisotopic (exact) mass is 530 g/mol. The van der Waals surface area contributed by atoms with Crippen molar-refractivity contribution in [3.05, 3.63) is 93.0 Å². The molecule has 38 heavy (non-hydrogen) atoms. The number of para-hydroxylation sites is 1. The summed E-state index contributed by atoms with van der Waals surface area (Å²) in [6.07, 6.45) is 0. The Bertz CT molecular complexity index is 1680. The molecule has 1 aliphatic heterocycles. The first-order chi connectivity index (χ1) is 18.3. The van der Waals surface area contributed by atoms with Gasteiger partial charge in [0.2, 0.25) is 11.6 Å². The van der Waals surface area contributed by atoms with Gasteiger partial charge in [0, 0.05) is 33.2 Å². The van der Waals surface area contributed by atoms with Crippen LogP contribution in [0.15, 0.2) is 64.4 Å². The third-order valence-electron chi connectivity index (χ3n) is 6.55. The van der Waals surface area contributed by atoms with Crippen molar-refractivity contribution in [1.29, 1.82) is 5.26 Å². The van der Waals surface area contributed by atoms with Crippen LogP contribution in [0.4, 0.5) is 0 Å². The summed E-state index contributed by atoms with van der Waals surface area (Å²) in [5.41, 5.74) is 9.70. The molecular formula is C29H23ClN2O6.